The topological polar surface area (TPSA) is 99.8 Å². The van der Waals surface area contributed by atoms with Gasteiger partial charge in [-0.1, -0.05) is 23.2 Å². The quantitative estimate of drug-likeness (QED) is 0.617. The van der Waals surface area contributed by atoms with Gasteiger partial charge in [0, 0.05) is 6.04 Å². The fourth-order valence-corrected chi connectivity index (χ4v) is 2.94. The van der Waals surface area contributed by atoms with Crippen molar-refractivity contribution in [2.24, 2.45) is 0 Å². The molecular weight excluding hydrogens is 357 g/mol. The van der Waals surface area contributed by atoms with E-state index < -0.39 is 18.4 Å². The zero-order valence-corrected chi connectivity index (χ0v) is 14.5. The molecule has 3 rings (SSSR count). The number of fused-ring (bicyclic) bond motifs is 1. The highest BCUT2D eigenvalue weighted by atomic mass is 35.5. The van der Waals surface area contributed by atoms with Gasteiger partial charge >= 0.3 is 0 Å². The summed E-state index contributed by atoms with van der Waals surface area (Å²) >= 11 is 12.2. The van der Waals surface area contributed by atoms with Gasteiger partial charge < -0.3 is 25.4 Å². The molecule has 1 aliphatic heterocycles. The lowest BCUT2D eigenvalue weighted by atomic mass is 10.2. The van der Waals surface area contributed by atoms with E-state index in [1.54, 1.807) is 16.7 Å². The maximum Gasteiger partial charge on any atom is 0.207 e. The van der Waals surface area contributed by atoms with Crippen molar-refractivity contribution in [1.82, 2.24) is 9.55 Å². The van der Waals surface area contributed by atoms with Gasteiger partial charge in [-0.3, -0.25) is 4.57 Å². The van der Waals surface area contributed by atoms with Crippen molar-refractivity contribution < 1.29 is 20.1 Å². The molecule has 4 N–H and O–H groups in total. The monoisotopic (exact) mass is 373 g/mol. The standard InChI is InChI=1S/C15H17Cl2N3O4/c1-6(2)18-15-19-9-3-7(16)8(17)4-10(9)20(15)14-13(23)12(22)11(5-21)24-14/h3-6,12-14,21-23H,1-2H3,(H,18,19)/b11-5-/t12-,13-,14-/m0/s1. The number of hydrogen-bond acceptors (Lipinski definition) is 6. The van der Waals surface area contributed by atoms with Crippen LogP contribution in [0.3, 0.4) is 0 Å². The molecule has 2 heterocycles. The highest BCUT2D eigenvalue weighted by molar-refractivity contribution is 6.42. The molecule has 0 radical (unpaired) electrons. The second kappa shape index (κ2) is 6.33. The van der Waals surface area contributed by atoms with Gasteiger partial charge in [0.15, 0.2) is 5.76 Å². The fraction of sp³-hybridized carbons (Fsp3) is 0.400. The maximum atomic E-state index is 10.3. The second-order valence-electron chi connectivity index (χ2n) is 5.83. The van der Waals surface area contributed by atoms with Crippen LogP contribution in [0.15, 0.2) is 24.2 Å². The van der Waals surface area contributed by atoms with E-state index in [9.17, 15) is 10.2 Å². The van der Waals surface area contributed by atoms with Gasteiger partial charge in [0.25, 0.3) is 0 Å². The first-order chi connectivity index (χ1) is 11.3. The Hall–Kier alpha value is -1.67. The minimum Gasteiger partial charge on any atom is -0.512 e. The zero-order valence-electron chi connectivity index (χ0n) is 12.9. The number of imidazole rings is 1. The summed E-state index contributed by atoms with van der Waals surface area (Å²) in [5, 5.41) is 33.3. The van der Waals surface area contributed by atoms with Gasteiger partial charge in [-0.15, -0.1) is 0 Å². The summed E-state index contributed by atoms with van der Waals surface area (Å²) in [5.74, 6) is 0.304. The summed E-state index contributed by atoms with van der Waals surface area (Å²) in [6.45, 7) is 3.87. The van der Waals surface area contributed by atoms with Gasteiger partial charge in [-0.25, -0.2) is 4.98 Å². The third-order valence-corrected chi connectivity index (χ3v) is 4.42. The van der Waals surface area contributed by atoms with E-state index >= 15 is 0 Å². The highest BCUT2D eigenvalue weighted by Gasteiger charge is 2.42. The molecule has 0 unspecified atom stereocenters. The Labute approximate surface area is 148 Å². The molecule has 0 spiro atoms. The molecular formula is C15H17Cl2N3O4. The van der Waals surface area contributed by atoms with Gasteiger partial charge in [-0.05, 0) is 26.0 Å². The molecule has 0 aliphatic carbocycles. The van der Waals surface area contributed by atoms with Crippen LogP contribution in [0.5, 0.6) is 0 Å². The third kappa shape index (κ3) is 2.77. The van der Waals surface area contributed by atoms with Crippen molar-refractivity contribution in [3.05, 3.63) is 34.2 Å². The maximum absolute atomic E-state index is 10.3. The Morgan fingerprint density at radius 3 is 2.54 bits per heavy atom. The molecule has 0 bridgehead atoms. The number of rotatable bonds is 3. The van der Waals surface area contributed by atoms with Gasteiger partial charge in [0.05, 0.1) is 21.1 Å². The summed E-state index contributed by atoms with van der Waals surface area (Å²) in [7, 11) is 0. The molecule has 9 heteroatoms. The molecule has 1 aromatic carbocycles. The summed E-state index contributed by atoms with van der Waals surface area (Å²) in [6.07, 6.45) is -2.98. The summed E-state index contributed by atoms with van der Waals surface area (Å²) < 4.78 is 7.08. The van der Waals surface area contributed by atoms with Crippen molar-refractivity contribution >= 4 is 40.2 Å². The Morgan fingerprint density at radius 2 is 1.96 bits per heavy atom. The van der Waals surface area contributed by atoms with E-state index in [2.05, 4.69) is 10.3 Å². The van der Waals surface area contributed by atoms with Gasteiger partial charge in [0.2, 0.25) is 12.2 Å². The fourth-order valence-electron chi connectivity index (χ4n) is 2.62. The lowest BCUT2D eigenvalue weighted by Gasteiger charge is -2.20. The minimum atomic E-state index is -1.34. The van der Waals surface area contributed by atoms with E-state index in [0.717, 1.165) is 0 Å². The van der Waals surface area contributed by atoms with Crippen molar-refractivity contribution in [3.63, 3.8) is 0 Å². The molecule has 1 aliphatic rings. The van der Waals surface area contributed by atoms with Crippen LogP contribution in [0.25, 0.3) is 11.0 Å². The lowest BCUT2D eigenvalue weighted by molar-refractivity contribution is -0.0107. The number of aliphatic hydroxyl groups excluding tert-OH is 3. The Morgan fingerprint density at radius 1 is 1.29 bits per heavy atom. The van der Waals surface area contributed by atoms with E-state index in [1.807, 2.05) is 13.8 Å². The van der Waals surface area contributed by atoms with Crippen LogP contribution in [-0.4, -0.2) is 43.1 Å². The summed E-state index contributed by atoms with van der Waals surface area (Å²) in [4.78, 5) is 4.46. The molecule has 24 heavy (non-hydrogen) atoms. The Kier molecular flexibility index (Phi) is 4.52. The molecule has 2 aromatic rings. The first-order valence-corrected chi connectivity index (χ1v) is 8.09. The zero-order chi connectivity index (χ0) is 17.6. The number of nitrogens with one attached hydrogen (secondary N) is 1. The SMILES string of the molecule is CC(C)Nc1nc2cc(Cl)c(Cl)cc2n1[C@H]1O/C(=C\O)[C@H](O)[C@@H]1O. The Bertz CT molecular complexity index is 806. The van der Waals surface area contributed by atoms with E-state index in [0.29, 0.717) is 33.3 Å². The third-order valence-electron chi connectivity index (χ3n) is 3.70. The van der Waals surface area contributed by atoms with Crippen LogP contribution < -0.4 is 5.32 Å². The molecule has 3 atom stereocenters. The number of anilines is 1. The van der Waals surface area contributed by atoms with Crippen LogP contribution in [-0.2, 0) is 4.74 Å². The summed E-state index contributed by atoms with van der Waals surface area (Å²) in [6, 6.07) is 3.28. The Balaban J connectivity index is 2.19. The predicted octanol–water partition coefficient (Wildman–Crippen LogP) is 2.81. The lowest BCUT2D eigenvalue weighted by Crippen LogP contribution is -2.29. The number of aliphatic hydroxyl groups is 3. The minimum absolute atomic E-state index is 0.0582. The summed E-state index contributed by atoms with van der Waals surface area (Å²) in [5.41, 5.74) is 1.13. The van der Waals surface area contributed by atoms with E-state index in [-0.39, 0.29) is 11.8 Å². The molecule has 1 aromatic heterocycles. The van der Waals surface area contributed by atoms with E-state index in [1.165, 1.54) is 0 Å². The number of hydrogen-bond donors (Lipinski definition) is 4. The molecule has 130 valence electrons. The van der Waals surface area contributed by atoms with Crippen molar-refractivity contribution in [1.29, 1.82) is 0 Å². The van der Waals surface area contributed by atoms with Crippen molar-refractivity contribution in [2.45, 2.75) is 38.3 Å². The number of aromatic nitrogens is 2. The highest BCUT2D eigenvalue weighted by Crippen LogP contribution is 2.38. The molecule has 1 fully saturated rings. The largest absolute Gasteiger partial charge is 0.512 e. The first-order valence-electron chi connectivity index (χ1n) is 7.34. The van der Waals surface area contributed by atoms with Crippen molar-refractivity contribution in [2.75, 3.05) is 5.32 Å². The van der Waals surface area contributed by atoms with Crippen LogP contribution >= 0.6 is 23.2 Å². The predicted molar refractivity (Wildman–Crippen MR) is 91.4 cm³/mol. The first kappa shape index (κ1) is 17.2. The number of halogens is 2. The molecule has 7 nitrogen and oxygen atoms in total. The van der Waals surface area contributed by atoms with E-state index in [4.69, 9.17) is 33.0 Å². The average molecular weight is 374 g/mol. The molecule has 1 saturated heterocycles. The molecule has 0 amide bonds. The normalized spacial score (nSPS) is 25.6. The second-order valence-corrected chi connectivity index (χ2v) is 6.65. The van der Waals surface area contributed by atoms with Gasteiger partial charge in [-0.2, -0.15) is 0 Å². The number of nitrogens with zero attached hydrogens (tertiary/aromatic N) is 2. The van der Waals surface area contributed by atoms with Crippen LogP contribution in [0, 0.1) is 0 Å². The van der Waals surface area contributed by atoms with Crippen LogP contribution in [0.2, 0.25) is 10.0 Å². The van der Waals surface area contributed by atoms with Crippen LogP contribution in [0.4, 0.5) is 5.95 Å². The number of benzene rings is 1. The average Bonchev–Trinajstić information content (AvgIpc) is 2.97. The smallest absolute Gasteiger partial charge is 0.207 e. The van der Waals surface area contributed by atoms with Crippen molar-refractivity contribution in [3.8, 4) is 0 Å². The van der Waals surface area contributed by atoms with Gasteiger partial charge in [0.1, 0.15) is 18.5 Å². The van der Waals surface area contributed by atoms with Crippen LogP contribution in [0.1, 0.15) is 20.1 Å². The molecule has 0 saturated carbocycles. The number of ether oxygens (including phenoxy) is 1.